The molecule has 3 rings (SSSR count). The molecule has 1 aromatic carbocycles. The van der Waals surface area contributed by atoms with Crippen LogP contribution in [0.4, 0.5) is 19.0 Å². The van der Waals surface area contributed by atoms with Crippen molar-refractivity contribution in [3.63, 3.8) is 0 Å². The SMILES string of the molecule is O=C(O)c1ccc(N2CCN(CCc3ccccc3C(F)(F)F)CC2)nn1. The van der Waals surface area contributed by atoms with E-state index in [4.69, 9.17) is 5.11 Å². The van der Waals surface area contributed by atoms with Gasteiger partial charge in [-0.3, -0.25) is 4.90 Å². The van der Waals surface area contributed by atoms with E-state index >= 15 is 0 Å². The van der Waals surface area contributed by atoms with Crippen molar-refractivity contribution in [1.82, 2.24) is 15.1 Å². The van der Waals surface area contributed by atoms with Gasteiger partial charge in [0.15, 0.2) is 11.5 Å². The monoisotopic (exact) mass is 380 g/mol. The highest BCUT2D eigenvalue weighted by Crippen LogP contribution is 2.32. The van der Waals surface area contributed by atoms with Crippen LogP contribution in [0.25, 0.3) is 0 Å². The minimum absolute atomic E-state index is 0.110. The summed E-state index contributed by atoms with van der Waals surface area (Å²) in [5.41, 5.74) is -0.374. The average molecular weight is 380 g/mol. The summed E-state index contributed by atoms with van der Waals surface area (Å²) in [6.07, 6.45) is -4.00. The summed E-state index contributed by atoms with van der Waals surface area (Å²) in [6.45, 7) is 3.24. The Hall–Kier alpha value is -2.68. The molecule has 27 heavy (non-hydrogen) atoms. The van der Waals surface area contributed by atoms with Crippen LogP contribution in [0.2, 0.25) is 0 Å². The lowest BCUT2D eigenvalue weighted by atomic mass is 10.0. The topological polar surface area (TPSA) is 69.6 Å². The number of hydrogen-bond acceptors (Lipinski definition) is 5. The molecule has 1 aliphatic heterocycles. The minimum atomic E-state index is -4.34. The van der Waals surface area contributed by atoms with E-state index < -0.39 is 17.7 Å². The van der Waals surface area contributed by atoms with Gasteiger partial charge in [0.25, 0.3) is 0 Å². The predicted octanol–water partition coefficient (Wildman–Crippen LogP) is 2.56. The molecule has 0 aliphatic carbocycles. The Bertz CT molecular complexity index is 788. The Morgan fingerprint density at radius 2 is 1.74 bits per heavy atom. The van der Waals surface area contributed by atoms with Gasteiger partial charge < -0.3 is 10.0 Å². The predicted molar refractivity (Wildman–Crippen MR) is 92.8 cm³/mol. The Morgan fingerprint density at radius 1 is 1.04 bits per heavy atom. The first-order chi connectivity index (χ1) is 12.8. The van der Waals surface area contributed by atoms with Crippen molar-refractivity contribution < 1.29 is 23.1 Å². The maximum absolute atomic E-state index is 13.1. The normalized spacial score (nSPS) is 15.7. The van der Waals surface area contributed by atoms with E-state index in [1.807, 2.05) is 4.90 Å². The second-order valence-corrected chi connectivity index (χ2v) is 6.32. The van der Waals surface area contributed by atoms with Gasteiger partial charge in [-0.2, -0.15) is 13.2 Å². The van der Waals surface area contributed by atoms with Gasteiger partial charge in [-0.05, 0) is 30.2 Å². The number of carboxylic acid groups (broad SMARTS) is 1. The van der Waals surface area contributed by atoms with Crippen LogP contribution in [0.5, 0.6) is 0 Å². The maximum Gasteiger partial charge on any atom is 0.416 e. The zero-order valence-electron chi connectivity index (χ0n) is 14.5. The van der Waals surface area contributed by atoms with Gasteiger partial charge in [-0.15, -0.1) is 10.2 Å². The van der Waals surface area contributed by atoms with Gasteiger partial charge in [0.1, 0.15) is 0 Å². The Balaban J connectivity index is 1.54. The van der Waals surface area contributed by atoms with Crippen LogP contribution < -0.4 is 4.90 Å². The first-order valence-corrected chi connectivity index (χ1v) is 8.54. The molecule has 0 unspecified atom stereocenters. The largest absolute Gasteiger partial charge is 0.476 e. The van der Waals surface area contributed by atoms with E-state index in [1.165, 1.54) is 18.2 Å². The molecular weight excluding hydrogens is 361 g/mol. The lowest BCUT2D eigenvalue weighted by molar-refractivity contribution is -0.138. The average Bonchev–Trinajstić information content (AvgIpc) is 2.66. The van der Waals surface area contributed by atoms with Crippen molar-refractivity contribution in [2.45, 2.75) is 12.6 Å². The molecular formula is C18H19F3N4O2. The molecule has 144 valence electrons. The molecule has 9 heteroatoms. The number of carboxylic acids is 1. The molecule has 2 heterocycles. The molecule has 2 aromatic rings. The number of carbonyl (C=O) groups is 1. The summed E-state index contributed by atoms with van der Waals surface area (Å²) < 4.78 is 39.2. The van der Waals surface area contributed by atoms with Gasteiger partial charge in [0.05, 0.1) is 5.56 Å². The Morgan fingerprint density at radius 3 is 2.33 bits per heavy atom. The molecule has 1 aromatic heterocycles. The number of aromatic nitrogens is 2. The molecule has 0 atom stereocenters. The quantitative estimate of drug-likeness (QED) is 0.860. The molecule has 0 bridgehead atoms. The summed E-state index contributed by atoms with van der Waals surface area (Å²) >= 11 is 0. The summed E-state index contributed by atoms with van der Waals surface area (Å²) in [6, 6.07) is 8.70. The van der Waals surface area contributed by atoms with Crippen molar-refractivity contribution in [2.75, 3.05) is 37.6 Å². The summed E-state index contributed by atoms with van der Waals surface area (Å²) in [5.74, 6) is -0.528. The molecule has 1 fully saturated rings. The number of piperazine rings is 1. The number of halogens is 3. The van der Waals surface area contributed by atoms with E-state index in [0.29, 0.717) is 50.5 Å². The number of nitrogens with zero attached hydrogens (tertiary/aromatic N) is 4. The molecule has 6 nitrogen and oxygen atoms in total. The van der Waals surface area contributed by atoms with E-state index in [0.717, 1.165) is 6.07 Å². The van der Waals surface area contributed by atoms with E-state index in [-0.39, 0.29) is 5.69 Å². The minimum Gasteiger partial charge on any atom is -0.476 e. The zero-order valence-corrected chi connectivity index (χ0v) is 14.5. The molecule has 1 saturated heterocycles. The van der Waals surface area contributed by atoms with Gasteiger partial charge in [-0.25, -0.2) is 4.79 Å². The second kappa shape index (κ2) is 7.91. The lowest BCUT2D eigenvalue weighted by Gasteiger charge is -2.35. The third-order valence-corrected chi connectivity index (χ3v) is 4.59. The highest BCUT2D eigenvalue weighted by atomic mass is 19.4. The third kappa shape index (κ3) is 4.73. The number of anilines is 1. The number of rotatable bonds is 5. The summed E-state index contributed by atoms with van der Waals surface area (Å²) in [7, 11) is 0. The first kappa shape index (κ1) is 19.1. The van der Waals surface area contributed by atoms with Gasteiger partial charge in [-0.1, -0.05) is 18.2 Å². The van der Waals surface area contributed by atoms with Crippen molar-refractivity contribution >= 4 is 11.8 Å². The van der Waals surface area contributed by atoms with Crippen LogP contribution in [0.3, 0.4) is 0 Å². The van der Waals surface area contributed by atoms with Crippen LogP contribution >= 0.6 is 0 Å². The highest BCUT2D eigenvalue weighted by Gasteiger charge is 2.32. The standard InChI is InChI=1S/C18H19F3N4O2/c19-18(20,21)14-4-2-1-3-13(14)7-8-24-9-11-25(12-10-24)16-6-5-15(17(26)27)22-23-16/h1-6H,7-12H2,(H,26,27). The highest BCUT2D eigenvalue weighted by molar-refractivity contribution is 5.85. The van der Waals surface area contributed by atoms with Gasteiger partial charge in [0, 0.05) is 32.7 Å². The van der Waals surface area contributed by atoms with E-state index in [9.17, 15) is 18.0 Å². The molecule has 1 N–H and O–H groups in total. The smallest absolute Gasteiger partial charge is 0.416 e. The van der Waals surface area contributed by atoms with E-state index in [1.54, 1.807) is 12.1 Å². The van der Waals surface area contributed by atoms with Crippen molar-refractivity contribution in [3.8, 4) is 0 Å². The van der Waals surface area contributed by atoms with Crippen molar-refractivity contribution in [2.24, 2.45) is 0 Å². The summed E-state index contributed by atoms with van der Waals surface area (Å²) in [4.78, 5) is 14.9. The Kier molecular flexibility index (Phi) is 5.59. The molecule has 0 amide bonds. The molecule has 0 saturated carbocycles. The zero-order chi connectivity index (χ0) is 19.4. The van der Waals surface area contributed by atoms with Crippen LogP contribution in [0.1, 0.15) is 21.6 Å². The third-order valence-electron chi connectivity index (χ3n) is 4.59. The molecule has 0 radical (unpaired) electrons. The van der Waals surface area contributed by atoms with Gasteiger partial charge >= 0.3 is 12.1 Å². The number of aromatic carboxylic acids is 1. The van der Waals surface area contributed by atoms with Gasteiger partial charge in [0.2, 0.25) is 0 Å². The molecule has 1 aliphatic rings. The Labute approximate surface area is 154 Å². The first-order valence-electron chi connectivity index (χ1n) is 8.54. The number of alkyl halides is 3. The fourth-order valence-corrected chi connectivity index (χ4v) is 3.10. The summed E-state index contributed by atoms with van der Waals surface area (Å²) in [5, 5.41) is 16.5. The maximum atomic E-state index is 13.1. The fourth-order valence-electron chi connectivity index (χ4n) is 3.10. The second-order valence-electron chi connectivity index (χ2n) is 6.32. The van der Waals surface area contributed by atoms with E-state index in [2.05, 4.69) is 15.1 Å². The van der Waals surface area contributed by atoms with Crippen molar-refractivity contribution in [1.29, 1.82) is 0 Å². The lowest BCUT2D eigenvalue weighted by Crippen LogP contribution is -2.47. The van der Waals surface area contributed by atoms with Crippen LogP contribution in [0.15, 0.2) is 36.4 Å². The van der Waals surface area contributed by atoms with Crippen LogP contribution in [-0.2, 0) is 12.6 Å². The molecule has 0 spiro atoms. The number of hydrogen-bond donors (Lipinski definition) is 1. The van der Waals surface area contributed by atoms with Crippen LogP contribution in [0, 0.1) is 0 Å². The van der Waals surface area contributed by atoms with Crippen LogP contribution in [-0.4, -0.2) is 58.9 Å². The van der Waals surface area contributed by atoms with Crippen molar-refractivity contribution in [3.05, 3.63) is 53.2 Å². The number of benzene rings is 1. The fraction of sp³-hybridized carbons (Fsp3) is 0.389.